The van der Waals surface area contributed by atoms with Crippen molar-refractivity contribution in [1.82, 2.24) is 9.91 Å². The molecule has 0 aliphatic carbocycles. The number of piperidine rings is 3. The average Bonchev–Trinajstić information content (AvgIpc) is 2.91. The fourth-order valence-corrected chi connectivity index (χ4v) is 4.26. The van der Waals surface area contributed by atoms with Gasteiger partial charge in [-0.15, -0.1) is 0 Å². The topological polar surface area (TPSA) is 35.9 Å². The maximum Gasteiger partial charge on any atom is 0.240 e. The van der Waals surface area contributed by atoms with Crippen LogP contribution in [0.3, 0.4) is 0 Å². The molecule has 5 heteroatoms. The smallest absolute Gasteiger partial charge is 0.240 e. The first-order valence-corrected chi connectivity index (χ1v) is 7.91. The Morgan fingerprint density at radius 2 is 1.95 bits per heavy atom. The van der Waals surface area contributed by atoms with Gasteiger partial charge in [-0.2, -0.15) is 5.10 Å². The number of amides is 1. The van der Waals surface area contributed by atoms with Crippen LogP contribution in [-0.2, 0) is 4.79 Å². The zero-order valence-corrected chi connectivity index (χ0v) is 12.8. The van der Waals surface area contributed by atoms with E-state index in [-0.39, 0.29) is 18.0 Å². The molecule has 4 nitrogen and oxygen atoms in total. The minimum Gasteiger partial charge on any atom is -0.293 e. The zero-order valence-electron chi connectivity index (χ0n) is 12.0. The highest BCUT2D eigenvalue weighted by Crippen LogP contribution is 2.44. The zero-order chi connectivity index (χ0) is 14.6. The van der Waals surface area contributed by atoms with Gasteiger partial charge >= 0.3 is 0 Å². The van der Waals surface area contributed by atoms with Crippen LogP contribution >= 0.6 is 11.6 Å². The van der Waals surface area contributed by atoms with Crippen molar-refractivity contribution in [2.75, 3.05) is 13.1 Å². The Balaban J connectivity index is 1.81. The average molecular weight is 304 g/mol. The summed E-state index contributed by atoms with van der Waals surface area (Å²) in [5.74, 6) is 0.525. The van der Waals surface area contributed by atoms with Crippen LogP contribution in [0.4, 0.5) is 0 Å². The summed E-state index contributed by atoms with van der Waals surface area (Å²) >= 11 is 6.40. The van der Waals surface area contributed by atoms with Gasteiger partial charge in [-0.25, -0.2) is 5.01 Å². The number of rotatable bonds is 1. The van der Waals surface area contributed by atoms with Crippen LogP contribution in [0.25, 0.3) is 0 Å². The molecule has 0 radical (unpaired) electrons. The molecule has 3 saturated heterocycles. The Morgan fingerprint density at radius 3 is 2.62 bits per heavy atom. The van der Waals surface area contributed by atoms with Gasteiger partial charge in [0, 0.05) is 17.9 Å². The minimum absolute atomic E-state index is 0.0116. The maximum atomic E-state index is 12.1. The number of nitrogens with zero attached hydrogens (tertiary/aromatic N) is 3. The van der Waals surface area contributed by atoms with Crippen molar-refractivity contribution in [2.24, 2.45) is 11.0 Å². The summed E-state index contributed by atoms with van der Waals surface area (Å²) in [4.78, 5) is 14.5. The van der Waals surface area contributed by atoms with Crippen LogP contribution in [0.1, 0.15) is 31.4 Å². The SMILES string of the molecule is CC(=O)N1N=C2C3CCN(CC3)C2C1c1ccccc1Cl. The molecule has 0 N–H and O–H groups in total. The molecule has 1 aromatic rings. The number of halogens is 1. The van der Waals surface area contributed by atoms with Crippen LogP contribution in [-0.4, -0.2) is 40.7 Å². The summed E-state index contributed by atoms with van der Waals surface area (Å²) < 4.78 is 0. The lowest BCUT2D eigenvalue weighted by atomic mass is 9.78. The fourth-order valence-electron chi connectivity index (χ4n) is 4.01. The summed E-state index contributed by atoms with van der Waals surface area (Å²) in [5.41, 5.74) is 2.19. The summed E-state index contributed by atoms with van der Waals surface area (Å²) in [7, 11) is 0. The second-order valence-electron chi connectivity index (χ2n) is 6.11. The summed E-state index contributed by atoms with van der Waals surface area (Å²) in [6, 6.07) is 7.95. The molecule has 5 rings (SSSR count). The number of hydrogen-bond acceptors (Lipinski definition) is 3. The Labute approximate surface area is 129 Å². The molecule has 0 aromatic heterocycles. The number of hydrogen-bond donors (Lipinski definition) is 0. The largest absolute Gasteiger partial charge is 0.293 e. The highest BCUT2D eigenvalue weighted by atomic mass is 35.5. The van der Waals surface area contributed by atoms with Gasteiger partial charge in [-0.3, -0.25) is 9.69 Å². The van der Waals surface area contributed by atoms with Crippen LogP contribution < -0.4 is 0 Å². The Bertz CT molecular complexity index is 622. The predicted molar refractivity (Wildman–Crippen MR) is 82.2 cm³/mol. The second kappa shape index (κ2) is 4.82. The predicted octanol–water partition coefficient (Wildman–Crippen LogP) is 2.69. The van der Waals surface area contributed by atoms with Crippen LogP contribution in [0, 0.1) is 5.92 Å². The quantitative estimate of drug-likeness (QED) is 0.800. The third-order valence-electron chi connectivity index (χ3n) is 4.98. The maximum absolute atomic E-state index is 12.1. The molecule has 110 valence electrons. The van der Waals surface area contributed by atoms with E-state index in [0.717, 1.165) is 31.5 Å². The van der Waals surface area contributed by atoms with E-state index in [1.165, 1.54) is 5.71 Å². The number of carbonyl (C=O) groups excluding carboxylic acids is 1. The lowest BCUT2D eigenvalue weighted by Gasteiger charge is -2.46. The standard InChI is InChI=1S/C16H18ClN3O/c1-10(21)20-15(12-4-2-3-5-13(12)17)16-14(18-20)11-6-8-19(16)9-7-11/h2-5,11,15-16H,6-9H2,1H3. The van der Waals surface area contributed by atoms with Gasteiger partial charge in [0.2, 0.25) is 5.91 Å². The van der Waals surface area contributed by atoms with Crippen LogP contribution in [0.15, 0.2) is 29.4 Å². The molecule has 2 unspecified atom stereocenters. The van der Waals surface area contributed by atoms with E-state index in [1.54, 1.807) is 11.9 Å². The monoisotopic (exact) mass is 303 g/mol. The summed E-state index contributed by atoms with van der Waals surface area (Å²) in [5, 5.41) is 7.06. The van der Waals surface area contributed by atoms with Crippen LogP contribution in [0.5, 0.6) is 0 Å². The first kappa shape index (κ1) is 13.3. The van der Waals surface area contributed by atoms with Crippen molar-refractivity contribution in [3.8, 4) is 0 Å². The molecule has 3 fully saturated rings. The van der Waals surface area contributed by atoms with E-state index >= 15 is 0 Å². The normalized spacial score (nSPS) is 33.8. The minimum atomic E-state index is -0.0747. The molecule has 1 amide bonds. The molecule has 4 aliphatic heterocycles. The van der Waals surface area contributed by atoms with Crippen molar-refractivity contribution < 1.29 is 4.79 Å². The summed E-state index contributed by atoms with van der Waals surface area (Å²) in [6.07, 6.45) is 2.33. The lowest BCUT2D eigenvalue weighted by molar-refractivity contribution is -0.131. The fraction of sp³-hybridized carbons (Fsp3) is 0.500. The molecule has 0 spiro atoms. The number of fused-ring (bicyclic) bond motifs is 2. The lowest BCUT2D eigenvalue weighted by Crippen LogP contribution is -2.56. The van der Waals surface area contributed by atoms with Gasteiger partial charge in [0.25, 0.3) is 0 Å². The molecular formula is C16H18ClN3O. The molecule has 2 atom stereocenters. The molecule has 0 saturated carbocycles. The van der Waals surface area contributed by atoms with E-state index in [0.29, 0.717) is 10.9 Å². The van der Waals surface area contributed by atoms with E-state index in [2.05, 4.69) is 4.90 Å². The molecule has 4 heterocycles. The van der Waals surface area contributed by atoms with Gasteiger partial charge < -0.3 is 0 Å². The van der Waals surface area contributed by atoms with Crippen LogP contribution in [0.2, 0.25) is 5.02 Å². The van der Waals surface area contributed by atoms with Gasteiger partial charge in [-0.1, -0.05) is 29.8 Å². The van der Waals surface area contributed by atoms with E-state index in [4.69, 9.17) is 16.7 Å². The van der Waals surface area contributed by atoms with Crippen molar-refractivity contribution in [1.29, 1.82) is 0 Å². The Hall–Kier alpha value is -1.39. The molecule has 2 bridgehead atoms. The van der Waals surface area contributed by atoms with Crippen molar-refractivity contribution in [3.05, 3.63) is 34.9 Å². The second-order valence-corrected chi connectivity index (χ2v) is 6.52. The van der Waals surface area contributed by atoms with Crippen molar-refractivity contribution >= 4 is 23.2 Å². The third kappa shape index (κ3) is 1.93. The first-order valence-electron chi connectivity index (χ1n) is 7.53. The molecule has 1 aromatic carbocycles. The van der Waals surface area contributed by atoms with Crippen molar-refractivity contribution in [3.63, 3.8) is 0 Å². The highest BCUT2D eigenvalue weighted by Gasteiger charge is 2.50. The summed E-state index contributed by atoms with van der Waals surface area (Å²) in [6.45, 7) is 3.78. The van der Waals surface area contributed by atoms with E-state index in [1.807, 2.05) is 24.3 Å². The van der Waals surface area contributed by atoms with Gasteiger partial charge in [0.15, 0.2) is 0 Å². The van der Waals surface area contributed by atoms with Crippen molar-refractivity contribution in [2.45, 2.75) is 31.8 Å². The molecule has 4 aliphatic rings. The molecular weight excluding hydrogens is 286 g/mol. The number of benzene rings is 1. The van der Waals surface area contributed by atoms with Gasteiger partial charge in [0.1, 0.15) is 6.04 Å². The Morgan fingerprint density at radius 1 is 1.24 bits per heavy atom. The van der Waals surface area contributed by atoms with Gasteiger partial charge in [0.05, 0.1) is 11.8 Å². The third-order valence-corrected chi connectivity index (χ3v) is 5.32. The first-order chi connectivity index (χ1) is 10.2. The van der Waals surface area contributed by atoms with Gasteiger partial charge in [-0.05, 0) is 37.6 Å². The highest BCUT2D eigenvalue weighted by molar-refractivity contribution is 6.31. The molecule has 21 heavy (non-hydrogen) atoms. The number of carbonyl (C=O) groups is 1. The van der Waals surface area contributed by atoms with E-state index in [9.17, 15) is 4.79 Å². The Kier molecular flexibility index (Phi) is 3.05. The number of hydrazone groups is 1. The van der Waals surface area contributed by atoms with E-state index < -0.39 is 0 Å².